The molecular formula is C22H24Br3N3O2. The van der Waals surface area contributed by atoms with Gasteiger partial charge in [-0.25, -0.2) is 5.43 Å². The van der Waals surface area contributed by atoms with Crippen LogP contribution in [0.5, 0.6) is 5.75 Å². The van der Waals surface area contributed by atoms with E-state index in [1.807, 2.05) is 36.4 Å². The standard InChI is InChI=1S/C22H24Br3N3O2/c23-17-8-6-15(7-9-17)14-30-22-19(24)10-16(11-20(22)25)12-27-28-21(29)13-26-18-4-2-1-3-5-18/h6-12,18,26H,1-5,13-14H2,(H,28,29)/b27-12-. The molecule has 0 unspecified atom stereocenters. The monoisotopic (exact) mass is 599 g/mol. The van der Waals surface area contributed by atoms with Gasteiger partial charge < -0.3 is 10.1 Å². The minimum Gasteiger partial charge on any atom is -0.487 e. The molecule has 160 valence electrons. The van der Waals surface area contributed by atoms with Crippen molar-refractivity contribution in [3.63, 3.8) is 0 Å². The number of benzene rings is 2. The number of halogens is 3. The van der Waals surface area contributed by atoms with Crippen LogP contribution in [0.2, 0.25) is 0 Å². The van der Waals surface area contributed by atoms with Gasteiger partial charge in [-0.15, -0.1) is 0 Å². The quantitative estimate of drug-likeness (QED) is 0.291. The molecule has 0 saturated heterocycles. The number of carbonyl (C=O) groups excluding carboxylic acids is 1. The van der Waals surface area contributed by atoms with E-state index in [1.165, 1.54) is 19.3 Å². The molecule has 0 heterocycles. The minimum absolute atomic E-state index is 0.135. The fourth-order valence-electron chi connectivity index (χ4n) is 3.29. The summed E-state index contributed by atoms with van der Waals surface area (Å²) in [6, 6.07) is 12.3. The Balaban J connectivity index is 1.49. The number of hydrazone groups is 1. The van der Waals surface area contributed by atoms with Crippen molar-refractivity contribution in [3.8, 4) is 5.75 Å². The average Bonchev–Trinajstić information content (AvgIpc) is 2.74. The third-order valence-corrected chi connectivity index (χ3v) is 6.58. The second-order valence-corrected chi connectivity index (χ2v) is 9.86. The lowest BCUT2D eigenvalue weighted by atomic mass is 9.95. The van der Waals surface area contributed by atoms with E-state index in [1.54, 1.807) is 6.21 Å². The number of hydrogen-bond acceptors (Lipinski definition) is 4. The Kier molecular flexibility index (Phi) is 9.36. The van der Waals surface area contributed by atoms with Gasteiger partial charge in [0.15, 0.2) is 0 Å². The van der Waals surface area contributed by atoms with Crippen LogP contribution >= 0.6 is 47.8 Å². The molecule has 2 aromatic rings. The van der Waals surface area contributed by atoms with Crippen LogP contribution in [0, 0.1) is 0 Å². The smallest absolute Gasteiger partial charge is 0.254 e. The maximum atomic E-state index is 12.0. The minimum atomic E-state index is -0.135. The van der Waals surface area contributed by atoms with Gasteiger partial charge in [0.1, 0.15) is 12.4 Å². The van der Waals surface area contributed by atoms with Gasteiger partial charge in [0.05, 0.1) is 21.7 Å². The van der Waals surface area contributed by atoms with Gasteiger partial charge in [0.25, 0.3) is 5.91 Å². The lowest BCUT2D eigenvalue weighted by molar-refractivity contribution is -0.120. The maximum Gasteiger partial charge on any atom is 0.254 e. The van der Waals surface area contributed by atoms with Crippen LogP contribution in [0.25, 0.3) is 0 Å². The molecule has 5 nitrogen and oxygen atoms in total. The molecule has 1 saturated carbocycles. The molecule has 1 aliphatic carbocycles. The van der Waals surface area contributed by atoms with E-state index in [4.69, 9.17) is 4.74 Å². The Morgan fingerprint density at radius 1 is 1.07 bits per heavy atom. The molecule has 1 fully saturated rings. The predicted molar refractivity (Wildman–Crippen MR) is 131 cm³/mol. The van der Waals surface area contributed by atoms with Gasteiger partial charge >= 0.3 is 0 Å². The Hall–Kier alpha value is -1.22. The topological polar surface area (TPSA) is 62.7 Å². The largest absolute Gasteiger partial charge is 0.487 e. The third-order valence-electron chi connectivity index (χ3n) is 4.88. The molecular weight excluding hydrogens is 578 g/mol. The Morgan fingerprint density at radius 2 is 1.73 bits per heavy atom. The fourth-order valence-corrected chi connectivity index (χ4v) is 5.01. The normalized spacial score (nSPS) is 14.8. The van der Waals surface area contributed by atoms with Crippen LogP contribution < -0.4 is 15.5 Å². The Morgan fingerprint density at radius 3 is 2.40 bits per heavy atom. The summed E-state index contributed by atoms with van der Waals surface area (Å²) in [7, 11) is 0. The van der Waals surface area contributed by atoms with Crippen LogP contribution in [-0.4, -0.2) is 24.7 Å². The molecule has 0 aromatic heterocycles. The zero-order valence-electron chi connectivity index (χ0n) is 16.5. The summed E-state index contributed by atoms with van der Waals surface area (Å²) in [5.74, 6) is 0.584. The molecule has 0 atom stereocenters. The molecule has 0 spiro atoms. The Bertz CT molecular complexity index is 859. The van der Waals surface area contributed by atoms with Crippen molar-refractivity contribution in [2.75, 3.05) is 6.54 Å². The number of nitrogens with zero attached hydrogens (tertiary/aromatic N) is 1. The number of carbonyl (C=O) groups is 1. The van der Waals surface area contributed by atoms with Crippen LogP contribution in [0.3, 0.4) is 0 Å². The highest BCUT2D eigenvalue weighted by Gasteiger charge is 2.13. The van der Waals surface area contributed by atoms with Gasteiger partial charge in [-0.2, -0.15) is 5.10 Å². The first-order chi connectivity index (χ1) is 14.5. The summed E-state index contributed by atoms with van der Waals surface area (Å²) < 4.78 is 8.60. The lowest BCUT2D eigenvalue weighted by Crippen LogP contribution is -2.38. The molecule has 2 N–H and O–H groups in total. The van der Waals surface area contributed by atoms with Crippen molar-refractivity contribution in [3.05, 3.63) is 60.9 Å². The molecule has 0 aliphatic heterocycles. The van der Waals surface area contributed by atoms with E-state index in [9.17, 15) is 4.79 Å². The first kappa shape index (κ1) is 23.4. The fraction of sp³-hybridized carbons (Fsp3) is 0.364. The molecule has 1 aliphatic rings. The van der Waals surface area contributed by atoms with Gasteiger partial charge in [0, 0.05) is 10.5 Å². The van der Waals surface area contributed by atoms with E-state index in [-0.39, 0.29) is 12.5 Å². The molecule has 1 amide bonds. The van der Waals surface area contributed by atoms with Crippen molar-refractivity contribution in [2.45, 2.75) is 44.8 Å². The second-order valence-electron chi connectivity index (χ2n) is 7.24. The maximum absolute atomic E-state index is 12.0. The summed E-state index contributed by atoms with van der Waals surface area (Å²) in [5, 5.41) is 7.37. The van der Waals surface area contributed by atoms with E-state index in [2.05, 4.69) is 63.6 Å². The van der Waals surface area contributed by atoms with Crippen molar-refractivity contribution in [1.82, 2.24) is 10.7 Å². The van der Waals surface area contributed by atoms with Crippen LogP contribution in [0.15, 0.2) is 54.9 Å². The number of rotatable bonds is 8. The highest BCUT2D eigenvalue weighted by molar-refractivity contribution is 9.11. The van der Waals surface area contributed by atoms with Gasteiger partial charge in [0.2, 0.25) is 0 Å². The van der Waals surface area contributed by atoms with E-state index in [0.29, 0.717) is 12.6 Å². The van der Waals surface area contributed by atoms with Crippen LogP contribution in [0.1, 0.15) is 43.2 Å². The zero-order valence-corrected chi connectivity index (χ0v) is 21.2. The molecule has 30 heavy (non-hydrogen) atoms. The van der Waals surface area contributed by atoms with Crippen molar-refractivity contribution in [2.24, 2.45) is 5.10 Å². The highest BCUT2D eigenvalue weighted by atomic mass is 79.9. The van der Waals surface area contributed by atoms with Crippen LogP contribution in [0.4, 0.5) is 0 Å². The average molecular weight is 602 g/mol. The van der Waals surface area contributed by atoms with Gasteiger partial charge in [-0.05, 0) is 80.1 Å². The summed E-state index contributed by atoms with van der Waals surface area (Å²) in [6.07, 6.45) is 7.69. The van der Waals surface area contributed by atoms with Crippen molar-refractivity contribution >= 4 is 59.9 Å². The Labute approximate surface area is 202 Å². The first-order valence-electron chi connectivity index (χ1n) is 9.93. The van der Waals surface area contributed by atoms with E-state index in [0.717, 1.165) is 43.1 Å². The van der Waals surface area contributed by atoms with Crippen molar-refractivity contribution < 1.29 is 9.53 Å². The van der Waals surface area contributed by atoms with E-state index < -0.39 is 0 Å². The third kappa shape index (κ3) is 7.48. The molecule has 3 rings (SSSR count). The number of ether oxygens (including phenoxy) is 1. The predicted octanol–water partition coefficient (Wildman–Crippen LogP) is 5.93. The molecule has 8 heteroatoms. The summed E-state index contributed by atoms with van der Waals surface area (Å²) in [5.41, 5.74) is 4.49. The van der Waals surface area contributed by atoms with Crippen molar-refractivity contribution in [1.29, 1.82) is 0 Å². The first-order valence-corrected chi connectivity index (χ1v) is 12.3. The SMILES string of the molecule is O=C(CNC1CCCCC1)N/N=C\c1cc(Br)c(OCc2ccc(Br)cc2)c(Br)c1. The molecule has 2 aromatic carbocycles. The highest BCUT2D eigenvalue weighted by Crippen LogP contribution is 2.35. The van der Waals surface area contributed by atoms with Crippen LogP contribution in [-0.2, 0) is 11.4 Å². The zero-order chi connectivity index (χ0) is 21.3. The number of amides is 1. The summed E-state index contributed by atoms with van der Waals surface area (Å²) in [4.78, 5) is 12.0. The number of hydrogen-bond donors (Lipinski definition) is 2. The molecule has 0 bridgehead atoms. The molecule has 0 radical (unpaired) electrons. The van der Waals surface area contributed by atoms with Gasteiger partial charge in [-0.1, -0.05) is 47.3 Å². The lowest BCUT2D eigenvalue weighted by Gasteiger charge is -2.22. The summed E-state index contributed by atoms with van der Waals surface area (Å²) in [6.45, 7) is 0.750. The van der Waals surface area contributed by atoms with Gasteiger partial charge in [-0.3, -0.25) is 4.79 Å². The summed E-state index contributed by atoms with van der Waals surface area (Å²) >= 11 is 10.5. The van der Waals surface area contributed by atoms with E-state index >= 15 is 0 Å². The number of nitrogens with one attached hydrogen (secondary N) is 2. The second kappa shape index (κ2) is 12.0.